The van der Waals surface area contributed by atoms with Gasteiger partial charge in [-0.15, -0.1) is 0 Å². The second kappa shape index (κ2) is 10.1. The maximum atomic E-state index is 5.86. The molecule has 0 aliphatic carbocycles. The van der Waals surface area contributed by atoms with Crippen LogP contribution in [-0.4, -0.2) is 99.0 Å². The predicted octanol–water partition coefficient (Wildman–Crippen LogP) is 1.67. The van der Waals surface area contributed by atoms with E-state index < -0.39 is 0 Å². The normalized spacial score (nSPS) is 29.1. The van der Waals surface area contributed by atoms with Gasteiger partial charge >= 0.3 is 0 Å². The van der Waals surface area contributed by atoms with Gasteiger partial charge in [-0.2, -0.15) is 0 Å². The van der Waals surface area contributed by atoms with Crippen molar-refractivity contribution in [1.29, 1.82) is 0 Å². The fourth-order valence-corrected chi connectivity index (χ4v) is 4.30. The highest BCUT2D eigenvalue weighted by atomic mass is 16.5. The highest BCUT2D eigenvalue weighted by Crippen LogP contribution is 2.18. The van der Waals surface area contributed by atoms with Crippen LogP contribution in [0.25, 0.3) is 0 Å². The molecule has 3 saturated heterocycles. The van der Waals surface area contributed by atoms with E-state index in [4.69, 9.17) is 9.47 Å². The SMILES string of the molecule is CCN1CCN(C2CCN(CCOCC3CCCCO3)CC2)CC1. The molecule has 140 valence electrons. The van der Waals surface area contributed by atoms with E-state index in [1.165, 1.54) is 77.9 Å². The molecule has 3 aliphatic rings. The molecule has 0 aromatic carbocycles. The van der Waals surface area contributed by atoms with Crippen molar-refractivity contribution < 1.29 is 9.47 Å². The van der Waals surface area contributed by atoms with Crippen LogP contribution in [0.2, 0.25) is 0 Å². The second-order valence-electron chi connectivity index (χ2n) is 7.61. The molecule has 3 rings (SSSR count). The summed E-state index contributed by atoms with van der Waals surface area (Å²) in [6, 6.07) is 0.816. The Morgan fingerprint density at radius 3 is 2.38 bits per heavy atom. The molecular formula is C19H37N3O2. The van der Waals surface area contributed by atoms with Crippen LogP contribution in [0.4, 0.5) is 0 Å². The fourth-order valence-electron chi connectivity index (χ4n) is 4.30. The molecule has 0 radical (unpaired) electrons. The summed E-state index contributed by atoms with van der Waals surface area (Å²) in [4.78, 5) is 7.89. The van der Waals surface area contributed by atoms with E-state index in [0.717, 1.165) is 32.4 Å². The first kappa shape index (κ1) is 18.6. The Kier molecular flexibility index (Phi) is 7.80. The van der Waals surface area contributed by atoms with Gasteiger partial charge in [-0.1, -0.05) is 6.92 Å². The summed E-state index contributed by atoms with van der Waals surface area (Å²) in [6.07, 6.45) is 6.71. The summed E-state index contributed by atoms with van der Waals surface area (Å²) in [5, 5.41) is 0. The van der Waals surface area contributed by atoms with E-state index in [-0.39, 0.29) is 0 Å². The van der Waals surface area contributed by atoms with Crippen LogP contribution in [0.5, 0.6) is 0 Å². The predicted molar refractivity (Wildman–Crippen MR) is 97.6 cm³/mol. The molecule has 1 unspecified atom stereocenters. The Balaban J connectivity index is 1.24. The maximum Gasteiger partial charge on any atom is 0.0808 e. The van der Waals surface area contributed by atoms with Crippen molar-refractivity contribution in [2.24, 2.45) is 0 Å². The van der Waals surface area contributed by atoms with Gasteiger partial charge in [0.05, 0.1) is 19.3 Å². The van der Waals surface area contributed by atoms with Crippen LogP contribution in [0.1, 0.15) is 39.0 Å². The molecule has 0 amide bonds. The van der Waals surface area contributed by atoms with E-state index in [9.17, 15) is 0 Å². The monoisotopic (exact) mass is 339 g/mol. The van der Waals surface area contributed by atoms with E-state index in [1.54, 1.807) is 0 Å². The van der Waals surface area contributed by atoms with E-state index in [1.807, 2.05) is 0 Å². The van der Waals surface area contributed by atoms with Gasteiger partial charge in [-0.25, -0.2) is 0 Å². The van der Waals surface area contributed by atoms with E-state index >= 15 is 0 Å². The molecule has 0 saturated carbocycles. The van der Waals surface area contributed by atoms with Gasteiger partial charge in [0, 0.05) is 45.4 Å². The largest absolute Gasteiger partial charge is 0.377 e. The molecule has 3 heterocycles. The molecule has 0 spiro atoms. The van der Waals surface area contributed by atoms with Crippen LogP contribution in [0.15, 0.2) is 0 Å². The van der Waals surface area contributed by atoms with Crippen molar-refractivity contribution >= 4 is 0 Å². The van der Waals surface area contributed by atoms with E-state index in [0.29, 0.717) is 6.10 Å². The number of piperazine rings is 1. The summed E-state index contributed by atoms with van der Waals surface area (Å²) in [6.45, 7) is 14.7. The van der Waals surface area contributed by atoms with Gasteiger partial charge < -0.3 is 19.3 Å². The van der Waals surface area contributed by atoms with Crippen molar-refractivity contribution in [1.82, 2.24) is 14.7 Å². The number of nitrogens with zero attached hydrogens (tertiary/aromatic N) is 3. The summed E-state index contributed by atoms with van der Waals surface area (Å²) in [7, 11) is 0. The number of piperidine rings is 1. The van der Waals surface area contributed by atoms with Gasteiger partial charge in [0.15, 0.2) is 0 Å². The first-order valence-corrected chi connectivity index (χ1v) is 10.2. The van der Waals surface area contributed by atoms with Gasteiger partial charge in [-0.3, -0.25) is 4.90 Å². The Morgan fingerprint density at radius 1 is 0.917 bits per heavy atom. The Bertz CT molecular complexity index is 334. The van der Waals surface area contributed by atoms with Crippen molar-refractivity contribution in [3.05, 3.63) is 0 Å². The summed E-state index contributed by atoms with van der Waals surface area (Å²) in [5.74, 6) is 0. The zero-order valence-electron chi connectivity index (χ0n) is 15.6. The Hall–Kier alpha value is -0.200. The standard InChI is InChI=1S/C19H37N3O2/c1-2-20-10-12-22(13-11-20)18-6-8-21(9-7-18)14-16-23-17-19-5-3-4-15-24-19/h18-19H,2-17H2,1H3. The number of hydrogen-bond acceptors (Lipinski definition) is 5. The van der Waals surface area contributed by atoms with Crippen molar-refractivity contribution in [2.75, 3.05) is 72.2 Å². The quantitative estimate of drug-likeness (QED) is 0.658. The zero-order valence-corrected chi connectivity index (χ0v) is 15.6. The minimum Gasteiger partial charge on any atom is -0.377 e. The number of ether oxygens (including phenoxy) is 2. The highest BCUT2D eigenvalue weighted by molar-refractivity contribution is 4.83. The lowest BCUT2D eigenvalue weighted by Crippen LogP contribution is -2.53. The van der Waals surface area contributed by atoms with Crippen LogP contribution >= 0.6 is 0 Å². The van der Waals surface area contributed by atoms with E-state index in [2.05, 4.69) is 21.6 Å². The van der Waals surface area contributed by atoms with Gasteiger partial charge in [0.25, 0.3) is 0 Å². The average molecular weight is 340 g/mol. The zero-order chi connectivity index (χ0) is 16.6. The molecule has 5 nitrogen and oxygen atoms in total. The number of likely N-dealkylation sites (tertiary alicyclic amines) is 1. The molecule has 24 heavy (non-hydrogen) atoms. The first-order chi connectivity index (χ1) is 11.8. The summed E-state index contributed by atoms with van der Waals surface area (Å²) >= 11 is 0. The van der Waals surface area contributed by atoms with Crippen LogP contribution in [0.3, 0.4) is 0 Å². The second-order valence-corrected chi connectivity index (χ2v) is 7.61. The molecule has 0 bridgehead atoms. The summed E-state index contributed by atoms with van der Waals surface area (Å²) < 4.78 is 11.6. The highest BCUT2D eigenvalue weighted by Gasteiger charge is 2.26. The molecule has 0 N–H and O–H groups in total. The topological polar surface area (TPSA) is 28.2 Å². The van der Waals surface area contributed by atoms with Crippen LogP contribution in [-0.2, 0) is 9.47 Å². The van der Waals surface area contributed by atoms with Crippen molar-refractivity contribution in [2.45, 2.75) is 51.2 Å². The van der Waals surface area contributed by atoms with Gasteiger partial charge in [0.1, 0.15) is 0 Å². The first-order valence-electron chi connectivity index (χ1n) is 10.2. The smallest absolute Gasteiger partial charge is 0.0808 e. The molecule has 0 aromatic rings. The number of rotatable bonds is 7. The minimum atomic E-state index is 0.353. The lowest BCUT2D eigenvalue weighted by molar-refractivity contribution is -0.0447. The maximum absolute atomic E-state index is 5.86. The van der Waals surface area contributed by atoms with Crippen LogP contribution < -0.4 is 0 Å². The third kappa shape index (κ3) is 5.67. The number of likely N-dealkylation sites (N-methyl/N-ethyl adjacent to an activating group) is 1. The lowest BCUT2D eigenvalue weighted by Gasteiger charge is -2.42. The molecular weight excluding hydrogens is 302 g/mol. The third-order valence-electron chi connectivity index (χ3n) is 6.06. The Morgan fingerprint density at radius 2 is 1.71 bits per heavy atom. The lowest BCUT2D eigenvalue weighted by atomic mass is 10.0. The van der Waals surface area contributed by atoms with Crippen molar-refractivity contribution in [3.8, 4) is 0 Å². The molecule has 5 heteroatoms. The van der Waals surface area contributed by atoms with Crippen molar-refractivity contribution in [3.63, 3.8) is 0 Å². The Labute approximate surface area is 148 Å². The van der Waals surface area contributed by atoms with Gasteiger partial charge in [-0.05, 0) is 51.7 Å². The van der Waals surface area contributed by atoms with Gasteiger partial charge in [0.2, 0.25) is 0 Å². The average Bonchev–Trinajstić information content (AvgIpc) is 2.67. The third-order valence-corrected chi connectivity index (χ3v) is 6.06. The molecule has 3 aliphatic heterocycles. The molecule has 1 atom stereocenters. The fraction of sp³-hybridized carbons (Fsp3) is 1.00. The van der Waals surface area contributed by atoms with Crippen LogP contribution in [0, 0.1) is 0 Å². The summed E-state index contributed by atoms with van der Waals surface area (Å²) in [5.41, 5.74) is 0. The molecule has 0 aromatic heterocycles. The molecule has 3 fully saturated rings. The number of hydrogen-bond donors (Lipinski definition) is 0. The minimum absolute atomic E-state index is 0.353.